The van der Waals surface area contributed by atoms with Crippen LogP contribution < -0.4 is 5.56 Å². The normalized spacial score (nSPS) is 10.7. The first-order chi connectivity index (χ1) is 10.3. The quantitative estimate of drug-likeness (QED) is 0.683. The SMILES string of the molecule is O=C(OCCn1cnc2ccccc2c1=O)c1ccco1. The number of nitrogens with zero attached hydrogens (tertiary/aromatic N) is 2. The number of ether oxygens (including phenoxy) is 1. The third-order valence-electron chi connectivity index (χ3n) is 3.02. The first-order valence-electron chi connectivity index (χ1n) is 6.40. The smallest absolute Gasteiger partial charge is 0.374 e. The molecule has 0 aliphatic heterocycles. The van der Waals surface area contributed by atoms with Crippen LogP contribution in [0, 0.1) is 0 Å². The topological polar surface area (TPSA) is 74.3 Å². The van der Waals surface area contributed by atoms with Crippen LogP contribution in [0.2, 0.25) is 0 Å². The average Bonchev–Trinajstić information content (AvgIpc) is 3.04. The van der Waals surface area contributed by atoms with Crippen LogP contribution in [0.5, 0.6) is 0 Å². The van der Waals surface area contributed by atoms with E-state index in [0.717, 1.165) is 0 Å². The average molecular weight is 284 g/mol. The van der Waals surface area contributed by atoms with E-state index in [-0.39, 0.29) is 24.5 Å². The fraction of sp³-hybridized carbons (Fsp3) is 0.133. The number of furan rings is 1. The Morgan fingerprint density at radius 1 is 1.24 bits per heavy atom. The maximum Gasteiger partial charge on any atom is 0.374 e. The van der Waals surface area contributed by atoms with Crippen LogP contribution in [-0.4, -0.2) is 22.1 Å². The number of benzene rings is 1. The van der Waals surface area contributed by atoms with Crippen molar-refractivity contribution in [2.45, 2.75) is 6.54 Å². The minimum Gasteiger partial charge on any atom is -0.458 e. The standard InChI is InChI=1S/C15H12N2O4/c18-14-11-4-1-2-5-12(11)16-10-17(14)7-9-21-15(19)13-6-3-8-20-13/h1-6,8,10H,7,9H2. The van der Waals surface area contributed by atoms with Crippen LogP contribution in [-0.2, 0) is 11.3 Å². The summed E-state index contributed by atoms with van der Waals surface area (Å²) >= 11 is 0. The second-order valence-corrected chi connectivity index (χ2v) is 4.37. The lowest BCUT2D eigenvalue weighted by molar-refractivity contribution is 0.0454. The van der Waals surface area contributed by atoms with Gasteiger partial charge in [-0.2, -0.15) is 0 Å². The number of hydrogen-bond donors (Lipinski definition) is 0. The largest absolute Gasteiger partial charge is 0.458 e. The van der Waals surface area contributed by atoms with Crippen LogP contribution in [0.15, 0.2) is 58.2 Å². The van der Waals surface area contributed by atoms with Gasteiger partial charge in [0.25, 0.3) is 5.56 Å². The highest BCUT2D eigenvalue weighted by Crippen LogP contribution is 2.05. The van der Waals surface area contributed by atoms with E-state index >= 15 is 0 Å². The summed E-state index contributed by atoms with van der Waals surface area (Å²) < 4.78 is 11.4. The second-order valence-electron chi connectivity index (χ2n) is 4.37. The number of rotatable bonds is 4. The third-order valence-corrected chi connectivity index (χ3v) is 3.02. The highest BCUT2D eigenvalue weighted by atomic mass is 16.5. The summed E-state index contributed by atoms with van der Waals surface area (Å²) in [5, 5.41) is 0.539. The van der Waals surface area contributed by atoms with Crippen molar-refractivity contribution < 1.29 is 13.9 Å². The van der Waals surface area contributed by atoms with Gasteiger partial charge >= 0.3 is 5.97 Å². The molecule has 0 saturated carbocycles. The predicted molar refractivity (Wildman–Crippen MR) is 75.0 cm³/mol. The summed E-state index contributed by atoms with van der Waals surface area (Å²) in [7, 11) is 0. The molecular formula is C15H12N2O4. The molecule has 0 amide bonds. The molecule has 0 aliphatic rings. The number of aromatic nitrogens is 2. The molecule has 2 aromatic heterocycles. The van der Waals surface area contributed by atoms with Gasteiger partial charge in [0.1, 0.15) is 6.61 Å². The molecule has 2 heterocycles. The molecule has 0 radical (unpaired) electrons. The maximum atomic E-state index is 12.2. The molecule has 1 aromatic carbocycles. The molecule has 106 valence electrons. The van der Waals surface area contributed by atoms with Gasteiger partial charge in [-0.05, 0) is 24.3 Å². The highest BCUT2D eigenvalue weighted by molar-refractivity contribution is 5.86. The van der Waals surface area contributed by atoms with E-state index in [2.05, 4.69) is 4.98 Å². The fourth-order valence-corrected chi connectivity index (χ4v) is 1.97. The molecule has 6 nitrogen and oxygen atoms in total. The summed E-state index contributed by atoms with van der Waals surface area (Å²) in [5.74, 6) is -0.416. The molecule has 0 N–H and O–H groups in total. The van der Waals surface area contributed by atoms with Gasteiger partial charge in [0.15, 0.2) is 0 Å². The number of hydrogen-bond acceptors (Lipinski definition) is 5. The van der Waals surface area contributed by atoms with E-state index in [1.807, 2.05) is 6.07 Å². The van der Waals surface area contributed by atoms with Gasteiger partial charge in [-0.1, -0.05) is 12.1 Å². The zero-order chi connectivity index (χ0) is 14.7. The Bertz CT molecular complexity index is 821. The number of carbonyl (C=O) groups is 1. The molecule has 0 spiro atoms. The minimum absolute atomic E-state index is 0.0689. The van der Waals surface area contributed by atoms with Crippen molar-refractivity contribution in [1.82, 2.24) is 9.55 Å². The number of para-hydroxylation sites is 1. The van der Waals surface area contributed by atoms with Crippen LogP contribution >= 0.6 is 0 Å². The Hall–Kier alpha value is -2.89. The molecule has 0 fully saturated rings. The van der Waals surface area contributed by atoms with Gasteiger partial charge in [-0.15, -0.1) is 0 Å². The van der Waals surface area contributed by atoms with Crippen molar-refractivity contribution in [3.63, 3.8) is 0 Å². The van der Waals surface area contributed by atoms with Crippen LogP contribution in [0.3, 0.4) is 0 Å². The summed E-state index contributed by atoms with van der Waals surface area (Å²) in [6, 6.07) is 10.2. The Labute approximate surface area is 119 Å². The molecule has 0 saturated heterocycles. The van der Waals surface area contributed by atoms with Gasteiger partial charge < -0.3 is 9.15 Å². The van der Waals surface area contributed by atoms with Crippen LogP contribution in [0.1, 0.15) is 10.6 Å². The van der Waals surface area contributed by atoms with E-state index in [0.29, 0.717) is 10.9 Å². The summed E-state index contributed by atoms with van der Waals surface area (Å²) in [4.78, 5) is 28.0. The lowest BCUT2D eigenvalue weighted by Gasteiger charge is -2.06. The van der Waals surface area contributed by atoms with Crippen molar-refractivity contribution in [3.8, 4) is 0 Å². The van der Waals surface area contributed by atoms with E-state index < -0.39 is 5.97 Å². The Balaban J connectivity index is 1.70. The van der Waals surface area contributed by atoms with Crippen molar-refractivity contribution in [2.24, 2.45) is 0 Å². The fourth-order valence-electron chi connectivity index (χ4n) is 1.97. The summed E-state index contributed by atoms with van der Waals surface area (Å²) in [6.07, 6.45) is 2.85. The van der Waals surface area contributed by atoms with E-state index in [9.17, 15) is 9.59 Å². The maximum absolute atomic E-state index is 12.2. The zero-order valence-corrected chi connectivity index (χ0v) is 11.1. The first-order valence-corrected chi connectivity index (χ1v) is 6.40. The van der Waals surface area contributed by atoms with Gasteiger partial charge in [0.2, 0.25) is 5.76 Å². The molecule has 0 bridgehead atoms. The highest BCUT2D eigenvalue weighted by Gasteiger charge is 2.10. The Kier molecular flexibility index (Phi) is 3.51. The molecule has 0 unspecified atom stereocenters. The van der Waals surface area contributed by atoms with Gasteiger partial charge in [0, 0.05) is 0 Å². The summed E-state index contributed by atoms with van der Waals surface area (Å²) in [6.45, 7) is 0.308. The number of fused-ring (bicyclic) bond motifs is 1. The molecule has 0 aliphatic carbocycles. The molecule has 3 rings (SSSR count). The zero-order valence-electron chi connectivity index (χ0n) is 11.1. The van der Waals surface area contributed by atoms with Crippen molar-refractivity contribution in [2.75, 3.05) is 6.61 Å². The molecule has 21 heavy (non-hydrogen) atoms. The number of carbonyl (C=O) groups excluding carboxylic acids is 1. The minimum atomic E-state index is -0.554. The van der Waals surface area contributed by atoms with Crippen LogP contribution in [0.25, 0.3) is 10.9 Å². The van der Waals surface area contributed by atoms with Gasteiger partial charge in [-0.25, -0.2) is 9.78 Å². The van der Waals surface area contributed by atoms with Crippen molar-refractivity contribution in [3.05, 3.63) is 65.1 Å². The molecule has 3 aromatic rings. The Morgan fingerprint density at radius 3 is 2.90 bits per heavy atom. The lowest BCUT2D eigenvalue weighted by Crippen LogP contribution is -2.23. The number of esters is 1. The van der Waals surface area contributed by atoms with E-state index in [1.165, 1.54) is 23.2 Å². The predicted octanol–water partition coefficient (Wildman–Crippen LogP) is 1.85. The van der Waals surface area contributed by atoms with Crippen LogP contribution in [0.4, 0.5) is 0 Å². The third kappa shape index (κ3) is 2.69. The Morgan fingerprint density at radius 2 is 2.10 bits per heavy atom. The lowest BCUT2D eigenvalue weighted by atomic mass is 10.2. The molecule has 6 heteroatoms. The van der Waals surface area contributed by atoms with E-state index in [1.54, 1.807) is 24.3 Å². The monoisotopic (exact) mass is 284 g/mol. The second kappa shape index (κ2) is 5.62. The molecule has 0 atom stereocenters. The van der Waals surface area contributed by atoms with Crippen molar-refractivity contribution >= 4 is 16.9 Å². The first kappa shape index (κ1) is 13.1. The summed E-state index contributed by atoms with van der Waals surface area (Å²) in [5.41, 5.74) is 0.487. The van der Waals surface area contributed by atoms with Gasteiger partial charge in [-0.3, -0.25) is 9.36 Å². The van der Waals surface area contributed by atoms with E-state index in [4.69, 9.17) is 9.15 Å². The van der Waals surface area contributed by atoms with Crippen molar-refractivity contribution in [1.29, 1.82) is 0 Å². The van der Waals surface area contributed by atoms with Gasteiger partial charge in [0.05, 0.1) is 30.0 Å². The molecular weight excluding hydrogens is 272 g/mol.